The smallest absolute Gasteiger partial charge is 0.156 e. The Bertz CT molecular complexity index is 388. The van der Waals surface area contributed by atoms with Crippen molar-refractivity contribution in [3.05, 3.63) is 5.69 Å². The molecule has 1 saturated heterocycles. The number of ether oxygens (including phenoxy) is 1. The van der Waals surface area contributed by atoms with Gasteiger partial charge in [0.25, 0.3) is 0 Å². The number of aromatic nitrogens is 2. The summed E-state index contributed by atoms with van der Waals surface area (Å²) in [5, 5.41) is 13.5. The second-order valence-corrected chi connectivity index (χ2v) is 4.17. The van der Waals surface area contributed by atoms with E-state index in [1.165, 1.54) is 11.5 Å². The minimum Gasteiger partial charge on any atom is -0.361 e. The highest BCUT2D eigenvalue weighted by atomic mass is 32.1. The zero-order valence-corrected chi connectivity index (χ0v) is 9.40. The van der Waals surface area contributed by atoms with Crippen molar-refractivity contribution in [1.82, 2.24) is 14.5 Å². The van der Waals surface area contributed by atoms with E-state index in [0.717, 1.165) is 17.2 Å². The van der Waals surface area contributed by atoms with Crippen LogP contribution in [-0.2, 0) is 11.3 Å². The van der Waals surface area contributed by atoms with Crippen molar-refractivity contribution in [2.75, 3.05) is 25.1 Å². The monoisotopic (exact) mass is 240 g/mol. The molecule has 1 aliphatic heterocycles. The molecule has 0 bridgehead atoms. The lowest BCUT2D eigenvalue weighted by atomic mass is 10.3. The number of anilines is 1. The van der Waals surface area contributed by atoms with Crippen molar-refractivity contribution in [3.63, 3.8) is 0 Å². The first-order valence-electron chi connectivity index (χ1n) is 4.85. The van der Waals surface area contributed by atoms with Crippen LogP contribution in [0.15, 0.2) is 0 Å². The summed E-state index contributed by atoms with van der Waals surface area (Å²) in [6.45, 7) is 2.59. The quantitative estimate of drug-likeness (QED) is 0.545. The van der Waals surface area contributed by atoms with E-state index in [1.54, 1.807) is 0 Å². The van der Waals surface area contributed by atoms with E-state index in [4.69, 9.17) is 15.8 Å². The lowest BCUT2D eigenvalue weighted by Crippen LogP contribution is -2.41. The van der Waals surface area contributed by atoms with Crippen LogP contribution in [0.5, 0.6) is 0 Å². The molecular formula is C8H12N6OS. The molecule has 0 aliphatic carbocycles. The highest BCUT2D eigenvalue weighted by Gasteiger charge is 2.21. The SMILES string of the molecule is N#CC1CN(Cc2nnsc2NN)CCO1. The van der Waals surface area contributed by atoms with E-state index in [-0.39, 0.29) is 6.10 Å². The van der Waals surface area contributed by atoms with Gasteiger partial charge in [0, 0.05) is 31.2 Å². The summed E-state index contributed by atoms with van der Waals surface area (Å²) < 4.78 is 9.08. The molecule has 0 saturated carbocycles. The van der Waals surface area contributed by atoms with Gasteiger partial charge in [-0.25, -0.2) is 5.84 Å². The van der Waals surface area contributed by atoms with Gasteiger partial charge >= 0.3 is 0 Å². The minimum atomic E-state index is -0.352. The van der Waals surface area contributed by atoms with E-state index in [1.807, 2.05) is 0 Å². The predicted molar refractivity (Wildman–Crippen MR) is 58.3 cm³/mol. The van der Waals surface area contributed by atoms with Crippen LogP contribution in [0.3, 0.4) is 0 Å². The third-order valence-corrected chi connectivity index (χ3v) is 3.05. The molecule has 2 heterocycles. The van der Waals surface area contributed by atoms with Gasteiger partial charge < -0.3 is 10.2 Å². The molecule has 0 spiro atoms. The van der Waals surface area contributed by atoms with Crippen LogP contribution in [0.25, 0.3) is 0 Å². The molecule has 7 nitrogen and oxygen atoms in total. The summed E-state index contributed by atoms with van der Waals surface area (Å²) in [5.74, 6) is 5.34. The van der Waals surface area contributed by atoms with Crippen LogP contribution in [0.2, 0.25) is 0 Å². The number of morpholine rings is 1. The summed E-state index contributed by atoms with van der Waals surface area (Å²) in [5.41, 5.74) is 3.37. The van der Waals surface area contributed by atoms with Gasteiger partial charge in [-0.2, -0.15) is 5.26 Å². The van der Waals surface area contributed by atoms with Gasteiger partial charge in [-0.3, -0.25) is 4.90 Å². The number of nitrogen functional groups attached to an aromatic ring is 1. The molecule has 0 aromatic carbocycles. The van der Waals surface area contributed by atoms with Gasteiger partial charge in [-0.1, -0.05) is 4.49 Å². The maximum atomic E-state index is 8.78. The maximum absolute atomic E-state index is 8.78. The zero-order valence-electron chi connectivity index (χ0n) is 8.59. The van der Waals surface area contributed by atoms with Crippen molar-refractivity contribution < 1.29 is 4.74 Å². The summed E-state index contributed by atoms with van der Waals surface area (Å²) in [6, 6.07) is 2.10. The van der Waals surface area contributed by atoms with Crippen molar-refractivity contribution in [2.24, 2.45) is 5.84 Å². The minimum absolute atomic E-state index is 0.352. The molecule has 3 N–H and O–H groups in total. The van der Waals surface area contributed by atoms with E-state index in [0.29, 0.717) is 19.7 Å². The molecule has 86 valence electrons. The van der Waals surface area contributed by atoms with E-state index < -0.39 is 0 Å². The van der Waals surface area contributed by atoms with Crippen molar-refractivity contribution in [1.29, 1.82) is 5.26 Å². The Morgan fingerprint density at radius 1 is 1.75 bits per heavy atom. The average molecular weight is 240 g/mol. The number of hydrogen-bond acceptors (Lipinski definition) is 8. The first-order chi connectivity index (χ1) is 7.83. The standard InChI is InChI=1S/C8H12N6OS/c9-3-6-4-14(1-2-15-6)5-7-8(11-10)16-13-12-7/h6,11H,1-2,4-5,10H2. The Kier molecular flexibility index (Phi) is 3.63. The van der Waals surface area contributed by atoms with Gasteiger partial charge in [0.1, 0.15) is 10.7 Å². The van der Waals surface area contributed by atoms with Crippen molar-refractivity contribution in [3.8, 4) is 6.07 Å². The van der Waals surface area contributed by atoms with Crippen LogP contribution < -0.4 is 11.3 Å². The molecule has 8 heteroatoms. The summed E-state index contributed by atoms with van der Waals surface area (Å²) in [4.78, 5) is 2.11. The fourth-order valence-corrected chi connectivity index (χ4v) is 2.04. The van der Waals surface area contributed by atoms with Crippen LogP contribution in [0.4, 0.5) is 5.00 Å². The molecule has 0 amide bonds. The molecule has 16 heavy (non-hydrogen) atoms. The number of rotatable bonds is 3. The van der Waals surface area contributed by atoms with Crippen molar-refractivity contribution >= 4 is 16.5 Å². The topological polar surface area (TPSA) is 100 Å². The predicted octanol–water partition coefficient (Wildman–Crippen LogP) is -0.452. The molecule has 1 aromatic rings. The Balaban J connectivity index is 1.97. The van der Waals surface area contributed by atoms with Crippen LogP contribution in [-0.4, -0.2) is 40.3 Å². The van der Waals surface area contributed by atoms with E-state index >= 15 is 0 Å². The molecule has 0 radical (unpaired) electrons. The second kappa shape index (κ2) is 5.18. The van der Waals surface area contributed by atoms with Gasteiger partial charge in [0.15, 0.2) is 6.10 Å². The second-order valence-electron chi connectivity index (χ2n) is 3.42. The maximum Gasteiger partial charge on any atom is 0.156 e. The zero-order chi connectivity index (χ0) is 11.4. The first kappa shape index (κ1) is 11.2. The number of nitriles is 1. The largest absolute Gasteiger partial charge is 0.361 e. The molecule has 1 unspecified atom stereocenters. The highest BCUT2D eigenvalue weighted by Crippen LogP contribution is 2.18. The molecule has 1 fully saturated rings. The third kappa shape index (κ3) is 2.45. The molecule has 2 rings (SSSR count). The van der Waals surface area contributed by atoms with E-state index in [9.17, 15) is 0 Å². The summed E-state index contributed by atoms with van der Waals surface area (Å²) in [6.07, 6.45) is -0.352. The Labute approximate surface area is 96.9 Å². The number of nitrogens with two attached hydrogens (primary N) is 1. The highest BCUT2D eigenvalue weighted by molar-refractivity contribution is 7.10. The number of hydrazine groups is 1. The number of hydrogen-bond donors (Lipinski definition) is 2. The van der Waals surface area contributed by atoms with E-state index in [2.05, 4.69) is 26.0 Å². The lowest BCUT2D eigenvalue weighted by molar-refractivity contribution is -0.00305. The van der Waals surface area contributed by atoms with Crippen LogP contribution in [0, 0.1) is 11.3 Å². The van der Waals surface area contributed by atoms with Crippen LogP contribution >= 0.6 is 11.5 Å². The average Bonchev–Trinajstić information content (AvgIpc) is 2.76. The lowest BCUT2D eigenvalue weighted by Gasteiger charge is -2.28. The fraction of sp³-hybridized carbons (Fsp3) is 0.625. The number of nitrogens with zero attached hydrogens (tertiary/aromatic N) is 4. The Morgan fingerprint density at radius 2 is 2.62 bits per heavy atom. The summed E-state index contributed by atoms with van der Waals surface area (Å²) in [7, 11) is 0. The third-order valence-electron chi connectivity index (χ3n) is 2.35. The normalized spacial score (nSPS) is 21.6. The fourth-order valence-electron chi connectivity index (χ4n) is 1.56. The van der Waals surface area contributed by atoms with Crippen LogP contribution in [0.1, 0.15) is 5.69 Å². The molecule has 1 aromatic heterocycles. The number of nitrogens with one attached hydrogen (secondary N) is 1. The van der Waals surface area contributed by atoms with Gasteiger partial charge in [-0.05, 0) is 0 Å². The van der Waals surface area contributed by atoms with Gasteiger partial charge in [-0.15, -0.1) is 5.10 Å². The Hall–Kier alpha value is -1.27. The Morgan fingerprint density at radius 3 is 3.38 bits per heavy atom. The molecule has 1 aliphatic rings. The first-order valence-corrected chi connectivity index (χ1v) is 5.62. The van der Waals surface area contributed by atoms with Gasteiger partial charge in [0.2, 0.25) is 0 Å². The molecule has 1 atom stereocenters. The van der Waals surface area contributed by atoms with Crippen molar-refractivity contribution in [2.45, 2.75) is 12.6 Å². The molecular weight excluding hydrogens is 228 g/mol. The summed E-state index contributed by atoms with van der Waals surface area (Å²) >= 11 is 1.22. The van der Waals surface area contributed by atoms with Gasteiger partial charge in [0.05, 0.1) is 12.7 Å².